The van der Waals surface area contributed by atoms with Gasteiger partial charge in [0.1, 0.15) is 5.75 Å². The highest BCUT2D eigenvalue weighted by Crippen LogP contribution is 2.25. The van der Waals surface area contributed by atoms with Gasteiger partial charge in [-0.15, -0.1) is 0 Å². The van der Waals surface area contributed by atoms with E-state index in [4.69, 9.17) is 5.26 Å². The molecular formula is C26H24F2N4O2. The molecule has 1 heterocycles. The van der Waals surface area contributed by atoms with Crippen LogP contribution in [0.1, 0.15) is 21.5 Å². The summed E-state index contributed by atoms with van der Waals surface area (Å²) >= 11 is 0. The Bertz CT molecular complexity index is 1150. The predicted octanol–water partition coefficient (Wildman–Crippen LogP) is 4.86. The molecule has 0 saturated carbocycles. The lowest BCUT2D eigenvalue weighted by Gasteiger charge is -2.35. The zero-order chi connectivity index (χ0) is 23.9. The second kappa shape index (κ2) is 10.8. The molecule has 174 valence electrons. The average Bonchev–Trinajstić information content (AvgIpc) is 2.86. The molecule has 8 heteroatoms. The average molecular weight is 463 g/mol. The monoisotopic (exact) mass is 462 g/mol. The highest BCUT2D eigenvalue weighted by atomic mass is 19.3. The van der Waals surface area contributed by atoms with E-state index in [1.165, 1.54) is 12.1 Å². The third kappa shape index (κ3) is 5.88. The molecule has 1 aliphatic rings. The first kappa shape index (κ1) is 23.2. The number of nitrogens with zero attached hydrogens (tertiary/aromatic N) is 3. The maximum atomic E-state index is 13.3. The number of benzene rings is 3. The van der Waals surface area contributed by atoms with E-state index in [-0.39, 0.29) is 11.7 Å². The lowest BCUT2D eigenvalue weighted by molar-refractivity contribution is -0.0498. The molecule has 6 nitrogen and oxygen atoms in total. The number of hydrogen-bond donors (Lipinski definition) is 1. The van der Waals surface area contributed by atoms with Gasteiger partial charge in [0.25, 0.3) is 5.91 Å². The summed E-state index contributed by atoms with van der Waals surface area (Å²) in [4.78, 5) is 17.4. The summed E-state index contributed by atoms with van der Waals surface area (Å²) in [7, 11) is 0. The quantitative estimate of drug-likeness (QED) is 0.543. The molecule has 1 saturated heterocycles. The van der Waals surface area contributed by atoms with E-state index in [9.17, 15) is 13.6 Å². The Morgan fingerprint density at radius 2 is 1.65 bits per heavy atom. The first-order valence-electron chi connectivity index (χ1n) is 10.9. The topological polar surface area (TPSA) is 68.6 Å². The molecule has 0 unspecified atom stereocenters. The summed E-state index contributed by atoms with van der Waals surface area (Å²) in [5.74, 6) is 0.0163. The van der Waals surface area contributed by atoms with E-state index in [1.54, 1.807) is 18.2 Å². The van der Waals surface area contributed by atoms with Crippen molar-refractivity contribution in [1.82, 2.24) is 9.80 Å². The second-order valence-electron chi connectivity index (χ2n) is 7.95. The minimum atomic E-state index is -2.87. The van der Waals surface area contributed by atoms with Crippen molar-refractivity contribution in [3.05, 3.63) is 89.5 Å². The van der Waals surface area contributed by atoms with Crippen LogP contribution < -0.4 is 10.1 Å². The van der Waals surface area contributed by atoms with Gasteiger partial charge in [-0.25, -0.2) is 0 Å². The van der Waals surface area contributed by atoms with E-state index in [0.29, 0.717) is 35.6 Å². The summed E-state index contributed by atoms with van der Waals surface area (Å²) in [5, 5.41) is 12.1. The van der Waals surface area contributed by atoms with Crippen LogP contribution in [-0.2, 0) is 6.54 Å². The molecule has 0 spiro atoms. The van der Waals surface area contributed by atoms with E-state index in [1.807, 2.05) is 47.4 Å². The van der Waals surface area contributed by atoms with E-state index in [2.05, 4.69) is 21.0 Å². The molecule has 3 aromatic carbocycles. The minimum Gasteiger partial charge on any atom is -0.435 e. The first-order chi connectivity index (χ1) is 16.5. The van der Waals surface area contributed by atoms with Crippen molar-refractivity contribution < 1.29 is 18.3 Å². The Hall–Kier alpha value is -3.96. The van der Waals surface area contributed by atoms with Crippen LogP contribution in [0.3, 0.4) is 0 Å². The Balaban J connectivity index is 1.37. The number of alkyl halides is 2. The van der Waals surface area contributed by atoms with Gasteiger partial charge in [0.05, 0.1) is 22.9 Å². The molecule has 1 amide bonds. The molecular weight excluding hydrogens is 438 g/mol. The number of anilines is 2. The maximum Gasteiger partial charge on any atom is 0.387 e. The van der Waals surface area contributed by atoms with Crippen molar-refractivity contribution in [2.24, 2.45) is 0 Å². The largest absolute Gasteiger partial charge is 0.435 e. The molecule has 3 aromatic rings. The number of carbonyl (C=O) groups excluding carboxylic acids is 1. The number of ether oxygens (including phenoxy) is 1. The highest BCUT2D eigenvalue weighted by molar-refractivity contribution is 6.00. The summed E-state index contributed by atoms with van der Waals surface area (Å²) in [6.07, 6.45) is 0. The Morgan fingerprint density at radius 1 is 0.971 bits per heavy atom. The van der Waals surface area contributed by atoms with Crippen molar-refractivity contribution in [2.45, 2.75) is 13.2 Å². The SMILES string of the molecule is N#Cc1ccc(CN2CCN(C(=O)c3ccccc3Nc3ccc(OC(F)F)cc3)CC2)cc1. The van der Waals surface area contributed by atoms with Crippen LogP contribution in [-0.4, -0.2) is 48.5 Å². The highest BCUT2D eigenvalue weighted by Gasteiger charge is 2.24. The molecule has 1 fully saturated rings. The Kier molecular flexibility index (Phi) is 7.35. The fourth-order valence-corrected chi connectivity index (χ4v) is 3.88. The smallest absolute Gasteiger partial charge is 0.387 e. The van der Waals surface area contributed by atoms with Crippen LogP contribution in [0.15, 0.2) is 72.8 Å². The number of nitrogens with one attached hydrogen (secondary N) is 1. The Labute approximate surface area is 197 Å². The minimum absolute atomic E-state index is 0.0567. The first-order valence-corrected chi connectivity index (χ1v) is 10.9. The number of halogens is 2. The van der Waals surface area contributed by atoms with Crippen LogP contribution in [0.2, 0.25) is 0 Å². The fraction of sp³-hybridized carbons (Fsp3) is 0.231. The summed E-state index contributed by atoms with van der Waals surface area (Å²) in [6, 6.07) is 23.1. The zero-order valence-corrected chi connectivity index (χ0v) is 18.5. The molecule has 0 radical (unpaired) electrons. The molecule has 0 aliphatic carbocycles. The number of carbonyl (C=O) groups is 1. The lowest BCUT2D eigenvalue weighted by Crippen LogP contribution is -2.48. The van der Waals surface area contributed by atoms with Gasteiger partial charge in [0, 0.05) is 38.4 Å². The molecule has 0 bridgehead atoms. The number of para-hydroxylation sites is 1. The molecule has 0 atom stereocenters. The van der Waals surface area contributed by atoms with Crippen LogP contribution in [0.5, 0.6) is 5.75 Å². The summed E-state index contributed by atoms with van der Waals surface area (Å²) in [5.41, 5.74) is 3.64. The van der Waals surface area contributed by atoms with Gasteiger partial charge in [-0.1, -0.05) is 24.3 Å². The normalized spacial score (nSPS) is 14.0. The zero-order valence-electron chi connectivity index (χ0n) is 18.5. The standard InChI is InChI=1S/C26H24F2N4O2/c27-26(28)34-22-11-9-21(10-12-22)30-24-4-2-1-3-23(24)25(33)32-15-13-31(14-16-32)18-20-7-5-19(17-29)6-8-20/h1-12,26,30H,13-16,18H2. The fourth-order valence-electron chi connectivity index (χ4n) is 3.88. The van der Waals surface area contributed by atoms with Gasteiger partial charge in [-0.05, 0) is 54.1 Å². The van der Waals surface area contributed by atoms with Gasteiger partial charge < -0.3 is 15.0 Å². The van der Waals surface area contributed by atoms with Gasteiger partial charge in [-0.3, -0.25) is 9.69 Å². The molecule has 1 N–H and O–H groups in total. The lowest BCUT2D eigenvalue weighted by atomic mass is 10.1. The molecule has 0 aromatic heterocycles. The third-order valence-corrected chi connectivity index (χ3v) is 5.66. The molecule has 34 heavy (non-hydrogen) atoms. The van der Waals surface area contributed by atoms with Crippen molar-refractivity contribution in [2.75, 3.05) is 31.5 Å². The van der Waals surface area contributed by atoms with Crippen molar-refractivity contribution in [3.63, 3.8) is 0 Å². The van der Waals surface area contributed by atoms with Gasteiger partial charge in [0.2, 0.25) is 0 Å². The van der Waals surface area contributed by atoms with Crippen LogP contribution in [0.4, 0.5) is 20.2 Å². The van der Waals surface area contributed by atoms with E-state index >= 15 is 0 Å². The number of nitriles is 1. The van der Waals surface area contributed by atoms with Gasteiger partial charge in [0.15, 0.2) is 0 Å². The predicted molar refractivity (Wildman–Crippen MR) is 125 cm³/mol. The molecule has 1 aliphatic heterocycles. The van der Waals surface area contributed by atoms with Crippen LogP contribution in [0, 0.1) is 11.3 Å². The van der Waals surface area contributed by atoms with Crippen LogP contribution >= 0.6 is 0 Å². The number of rotatable bonds is 7. The number of amides is 1. The summed E-state index contributed by atoms with van der Waals surface area (Å²) < 4.78 is 29.1. The molecule has 4 rings (SSSR count). The third-order valence-electron chi connectivity index (χ3n) is 5.66. The maximum absolute atomic E-state index is 13.3. The van der Waals surface area contributed by atoms with Crippen LogP contribution in [0.25, 0.3) is 0 Å². The van der Waals surface area contributed by atoms with Gasteiger partial charge >= 0.3 is 6.61 Å². The Morgan fingerprint density at radius 3 is 2.29 bits per heavy atom. The van der Waals surface area contributed by atoms with Crippen molar-refractivity contribution in [1.29, 1.82) is 5.26 Å². The van der Waals surface area contributed by atoms with Crippen molar-refractivity contribution >= 4 is 17.3 Å². The summed E-state index contributed by atoms with van der Waals surface area (Å²) in [6.45, 7) is 0.644. The van der Waals surface area contributed by atoms with E-state index < -0.39 is 6.61 Å². The number of piperazine rings is 1. The second-order valence-corrected chi connectivity index (χ2v) is 7.95. The van der Waals surface area contributed by atoms with Crippen molar-refractivity contribution in [3.8, 4) is 11.8 Å². The number of hydrogen-bond acceptors (Lipinski definition) is 5. The van der Waals surface area contributed by atoms with E-state index in [0.717, 1.165) is 25.2 Å². The van der Waals surface area contributed by atoms with Gasteiger partial charge in [-0.2, -0.15) is 14.0 Å².